The van der Waals surface area contributed by atoms with Gasteiger partial charge in [0.15, 0.2) is 0 Å². The maximum absolute atomic E-state index is 10.6. The standard InChI is InChI=1S/C13H16N2O2/c1-2-15(6-3-7-16)13-5-4-11(10-17)8-12(13)9-14/h4-5,8,10,16H,2-3,6-7H2,1H3. The molecule has 0 saturated carbocycles. The van der Waals surface area contributed by atoms with Gasteiger partial charge >= 0.3 is 0 Å². The molecule has 0 heterocycles. The first-order chi connectivity index (χ1) is 8.26. The topological polar surface area (TPSA) is 64.3 Å². The van der Waals surface area contributed by atoms with Gasteiger partial charge in [-0.2, -0.15) is 5.26 Å². The Morgan fingerprint density at radius 2 is 2.29 bits per heavy atom. The molecular formula is C13H16N2O2. The minimum Gasteiger partial charge on any atom is -0.396 e. The molecule has 90 valence electrons. The van der Waals surface area contributed by atoms with Crippen LogP contribution in [0.25, 0.3) is 0 Å². The largest absolute Gasteiger partial charge is 0.396 e. The van der Waals surface area contributed by atoms with E-state index in [0.29, 0.717) is 24.1 Å². The van der Waals surface area contributed by atoms with Crippen LogP contribution in [0.4, 0.5) is 5.69 Å². The van der Waals surface area contributed by atoms with Crippen molar-refractivity contribution in [2.75, 3.05) is 24.6 Å². The van der Waals surface area contributed by atoms with Gasteiger partial charge < -0.3 is 10.0 Å². The molecule has 0 bridgehead atoms. The van der Waals surface area contributed by atoms with Crippen LogP contribution in [0.5, 0.6) is 0 Å². The Bertz CT molecular complexity index is 424. The third kappa shape index (κ3) is 3.30. The van der Waals surface area contributed by atoms with Crippen molar-refractivity contribution < 1.29 is 9.90 Å². The van der Waals surface area contributed by atoms with Crippen LogP contribution in [0.2, 0.25) is 0 Å². The number of aliphatic hydroxyl groups is 1. The van der Waals surface area contributed by atoms with Crippen molar-refractivity contribution in [1.29, 1.82) is 5.26 Å². The summed E-state index contributed by atoms with van der Waals surface area (Å²) < 4.78 is 0. The van der Waals surface area contributed by atoms with E-state index in [1.807, 2.05) is 11.8 Å². The third-order valence-electron chi connectivity index (χ3n) is 2.59. The van der Waals surface area contributed by atoms with E-state index >= 15 is 0 Å². The molecule has 1 N–H and O–H groups in total. The van der Waals surface area contributed by atoms with E-state index < -0.39 is 0 Å². The third-order valence-corrected chi connectivity index (χ3v) is 2.59. The monoisotopic (exact) mass is 232 g/mol. The zero-order valence-electron chi connectivity index (χ0n) is 9.89. The molecule has 0 spiro atoms. The molecule has 0 fully saturated rings. The van der Waals surface area contributed by atoms with Crippen molar-refractivity contribution in [3.63, 3.8) is 0 Å². The van der Waals surface area contributed by atoms with Gasteiger partial charge in [-0.3, -0.25) is 4.79 Å². The van der Waals surface area contributed by atoms with Crippen molar-refractivity contribution in [2.45, 2.75) is 13.3 Å². The summed E-state index contributed by atoms with van der Waals surface area (Å²) in [5.74, 6) is 0. The zero-order valence-corrected chi connectivity index (χ0v) is 9.89. The fourth-order valence-corrected chi connectivity index (χ4v) is 1.70. The van der Waals surface area contributed by atoms with Crippen molar-refractivity contribution in [3.8, 4) is 6.07 Å². The van der Waals surface area contributed by atoms with Gasteiger partial charge in [-0.1, -0.05) is 0 Å². The molecule has 0 aliphatic rings. The number of hydrogen-bond acceptors (Lipinski definition) is 4. The molecular weight excluding hydrogens is 216 g/mol. The molecule has 1 rings (SSSR count). The molecule has 0 aliphatic carbocycles. The smallest absolute Gasteiger partial charge is 0.150 e. The number of benzene rings is 1. The van der Waals surface area contributed by atoms with Crippen LogP contribution in [-0.4, -0.2) is 31.1 Å². The summed E-state index contributed by atoms with van der Waals surface area (Å²) in [7, 11) is 0. The summed E-state index contributed by atoms with van der Waals surface area (Å²) in [5.41, 5.74) is 1.81. The maximum Gasteiger partial charge on any atom is 0.150 e. The van der Waals surface area contributed by atoms with Gasteiger partial charge in [0.1, 0.15) is 12.4 Å². The maximum atomic E-state index is 10.6. The molecule has 0 aliphatic heterocycles. The van der Waals surface area contributed by atoms with Gasteiger partial charge in [0.05, 0.1) is 11.3 Å². The van der Waals surface area contributed by atoms with E-state index in [1.165, 1.54) is 0 Å². The summed E-state index contributed by atoms with van der Waals surface area (Å²) in [6.07, 6.45) is 1.39. The minimum absolute atomic E-state index is 0.130. The number of nitriles is 1. The first kappa shape index (κ1) is 13.2. The number of rotatable bonds is 6. The fourth-order valence-electron chi connectivity index (χ4n) is 1.70. The van der Waals surface area contributed by atoms with Gasteiger partial charge in [-0.15, -0.1) is 0 Å². The van der Waals surface area contributed by atoms with E-state index in [1.54, 1.807) is 18.2 Å². The van der Waals surface area contributed by atoms with Crippen LogP contribution in [0.1, 0.15) is 29.3 Å². The molecule has 0 radical (unpaired) electrons. The van der Waals surface area contributed by atoms with Gasteiger partial charge in [-0.05, 0) is 31.5 Å². The zero-order chi connectivity index (χ0) is 12.7. The van der Waals surface area contributed by atoms with Crippen molar-refractivity contribution in [2.24, 2.45) is 0 Å². The van der Waals surface area contributed by atoms with Gasteiger partial charge in [0.25, 0.3) is 0 Å². The van der Waals surface area contributed by atoms with E-state index in [2.05, 4.69) is 6.07 Å². The molecule has 0 atom stereocenters. The Hall–Kier alpha value is -1.86. The summed E-state index contributed by atoms with van der Waals surface area (Å²) in [6.45, 7) is 3.58. The van der Waals surface area contributed by atoms with Crippen molar-refractivity contribution in [3.05, 3.63) is 29.3 Å². The predicted molar refractivity (Wildman–Crippen MR) is 66.1 cm³/mol. The molecule has 1 aromatic rings. The predicted octanol–water partition coefficient (Wildman–Crippen LogP) is 1.58. The molecule has 4 heteroatoms. The Balaban J connectivity index is 3.02. The van der Waals surface area contributed by atoms with Crippen LogP contribution < -0.4 is 4.90 Å². The number of aliphatic hydroxyl groups excluding tert-OH is 1. The molecule has 0 unspecified atom stereocenters. The highest BCUT2D eigenvalue weighted by Crippen LogP contribution is 2.21. The van der Waals surface area contributed by atoms with Crippen LogP contribution >= 0.6 is 0 Å². The highest BCUT2D eigenvalue weighted by Gasteiger charge is 2.09. The van der Waals surface area contributed by atoms with Gasteiger partial charge in [0, 0.05) is 25.3 Å². The average molecular weight is 232 g/mol. The lowest BCUT2D eigenvalue weighted by molar-refractivity contribution is 0.112. The van der Waals surface area contributed by atoms with Crippen LogP contribution in [0.15, 0.2) is 18.2 Å². The molecule has 0 saturated heterocycles. The SMILES string of the molecule is CCN(CCCO)c1ccc(C=O)cc1C#N. The first-order valence-corrected chi connectivity index (χ1v) is 5.62. The minimum atomic E-state index is 0.130. The number of carbonyl (C=O) groups is 1. The number of anilines is 1. The number of nitrogens with zero attached hydrogens (tertiary/aromatic N) is 2. The lowest BCUT2D eigenvalue weighted by Gasteiger charge is -2.23. The Morgan fingerprint density at radius 3 is 2.82 bits per heavy atom. The summed E-state index contributed by atoms with van der Waals surface area (Å²) in [5, 5.41) is 17.9. The van der Waals surface area contributed by atoms with E-state index in [0.717, 1.165) is 18.5 Å². The molecule has 1 aromatic carbocycles. The normalized spacial score (nSPS) is 9.71. The molecule has 0 aromatic heterocycles. The lowest BCUT2D eigenvalue weighted by atomic mass is 10.1. The number of carbonyl (C=O) groups excluding carboxylic acids is 1. The van der Waals surface area contributed by atoms with Crippen LogP contribution in [0, 0.1) is 11.3 Å². The van der Waals surface area contributed by atoms with E-state index in [4.69, 9.17) is 10.4 Å². The van der Waals surface area contributed by atoms with E-state index in [9.17, 15) is 4.79 Å². The second-order valence-corrected chi connectivity index (χ2v) is 3.66. The van der Waals surface area contributed by atoms with Crippen molar-refractivity contribution in [1.82, 2.24) is 0 Å². The van der Waals surface area contributed by atoms with Gasteiger partial charge in [0.2, 0.25) is 0 Å². The average Bonchev–Trinajstić information content (AvgIpc) is 2.39. The number of aldehydes is 1. The Labute approximate surface area is 101 Å². The summed E-state index contributed by atoms with van der Waals surface area (Å²) in [4.78, 5) is 12.7. The first-order valence-electron chi connectivity index (χ1n) is 5.62. The quantitative estimate of drug-likeness (QED) is 0.756. The lowest BCUT2D eigenvalue weighted by Crippen LogP contribution is -2.25. The van der Waals surface area contributed by atoms with Crippen LogP contribution in [-0.2, 0) is 0 Å². The van der Waals surface area contributed by atoms with Gasteiger partial charge in [-0.25, -0.2) is 0 Å². The molecule has 0 amide bonds. The highest BCUT2D eigenvalue weighted by atomic mass is 16.3. The Kier molecular flexibility index (Phi) is 5.18. The highest BCUT2D eigenvalue weighted by molar-refractivity contribution is 5.78. The second kappa shape index (κ2) is 6.66. The van der Waals surface area contributed by atoms with Crippen molar-refractivity contribution >= 4 is 12.0 Å². The fraction of sp³-hybridized carbons (Fsp3) is 0.385. The summed E-state index contributed by atoms with van der Waals surface area (Å²) in [6, 6.07) is 7.17. The number of hydrogen-bond donors (Lipinski definition) is 1. The molecule has 17 heavy (non-hydrogen) atoms. The second-order valence-electron chi connectivity index (χ2n) is 3.66. The Morgan fingerprint density at radius 1 is 1.53 bits per heavy atom. The summed E-state index contributed by atoms with van der Waals surface area (Å²) >= 11 is 0. The van der Waals surface area contributed by atoms with Crippen LogP contribution in [0.3, 0.4) is 0 Å². The molecule has 4 nitrogen and oxygen atoms in total. The van der Waals surface area contributed by atoms with E-state index in [-0.39, 0.29) is 6.61 Å².